The lowest BCUT2D eigenvalue weighted by Gasteiger charge is -2.22. The largest absolute Gasteiger partial charge is 0.219 e. The van der Waals surface area contributed by atoms with E-state index >= 15 is 0 Å². The zero-order valence-electron chi connectivity index (χ0n) is 19.5. The molecular formula is C33H26N+. The maximum absolute atomic E-state index is 2.45. The predicted molar refractivity (Wildman–Crippen MR) is 142 cm³/mol. The van der Waals surface area contributed by atoms with Gasteiger partial charge in [0, 0.05) is 24.6 Å². The van der Waals surface area contributed by atoms with Crippen molar-refractivity contribution >= 4 is 11.3 Å². The van der Waals surface area contributed by atoms with Gasteiger partial charge in [0.05, 0.1) is 11.1 Å². The molecule has 6 rings (SSSR count). The lowest BCUT2D eigenvalue weighted by Crippen LogP contribution is -2.38. The van der Waals surface area contributed by atoms with Gasteiger partial charge in [0.15, 0.2) is 5.70 Å². The molecule has 1 aliphatic rings. The van der Waals surface area contributed by atoms with Crippen LogP contribution in [0.4, 0.5) is 0 Å². The van der Waals surface area contributed by atoms with Gasteiger partial charge in [-0.2, -0.15) is 4.57 Å². The third-order valence-corrected chi connectivity index (χ3v) is 6.86. The van der Waals surface area contributed by atoms with Crippen LogP contribution in [0.15, 0.2) is 121 Å². The van der Waals surface area contributed by atoms with Crippen LogP contribution in [0, 0.1) is 6.92 Å². The Bertz CT molecular complexity index is 1560. The number of hydrogen-bond donors (Lipinski definition) is 0. The first kappa shape index (κ1) is 20.4. The topological polar surface area (TPSA) is 3.88 Å². The van der Waals surface area contributed by atoms with E-state index in [1.807, 2.05) is 0 Å². The summed E-state index contributed by atoms with van der Waals surface area (Å²) in [4.78, 5) is 0. The monoisotopic (exact) mass is 436 g/mol. The van der Waals surface area contributed by atoms with Crippen LogP contribution in [0.5, 0.6) is 0 Å². The molecule has 5 aromatic rings. The number of benzene rings is 4. The zero-order chi connectivity index (χ0) is 23.1. The van der Waals surface area contributed by atoms with Crippen molar-refractivity contribution in [1.82, 2.24) is 0 Å². The van der Waals surface area contributed by atoms with Crippen LogP contribution in [-0.2, 0) is 0 Å². The van der Waals surface area contributed by atoms with Crippen LogP contribution in [-0.4, -0.2) is 0 Å². The second kappa shape index (κ2) is 8.28. The number of hydrogen-bond acceptors (Lipinski definition) is 0. The molecule has 1 aliphatic heterocycles. The Labute approximate surface area is 201 Å². The van der Waals surface area contributed by atoms with E-state index in [0.717, 1.165) is 0 Å². The molecule has 0 bridgehead atoms. The van der Waals surface area contributed by atoms with Crippen LogP contribution < -0.4 is 4.57 Å². The Kier molecular flexibility index (Phi) is 4.96. The Morgan fingerprint density at radius 3 is 1.65 bits per heavy atom. The number of allylic oxidation sites excluding steroid dienone is 1. The highest BCUT2D eigenvalue weighted by Gasteiger charge is 2.31. The first-order valence-corrected chi connectivity index (χ1v) is 11.8. The van der Waals surface area contributed by atoms with Gasteiger partial charge in [-0.1, -0.05) is 84.9 Å². The number of rotatable bonds is 2. The minimum atomic E-state index is 1.19. The quantitative estimate of drug-likeness (QED) is 0.247. The lowest BCUT2D eigenvalue weighted by atomic mass is 9.84. The van der Waals surface area contributed by atoms with Gasteiger partial charge in [-0.3, -0.25) is 0 Å². The molecule has 0 fully saturated rings. The Morgan fingerprint density at radius 2 is 0.941 bits per heavy atom. The fourth-order valence-electron chi connectivity index (χ4n) is 5.29. The van der Waals surface area contributed by atoms with Crippen LogP contribution in [0.3, 0.4) is 0 Å². The highest BCUT2D eigenvalue weighted by Crippen LogP contribution is 2.42. The fourth-order valence-corrected chi connectivity index (χ4v) is 5.29. The molecule has 1 heteroatoms. The van der Waals surface area contributed by atoms with Crippen molar-refractivity contribution in [2.45, 2.75) is 13.8 Å². The molecule has 1 nitrogen and oxygen atoms in total. The van der Waals surface area contributed by atoms with E-state index in [9.17, 15) is 0 Å². The Morgan fingerprint density at radius 1 is 0.412 bits per heavy atom. The number of pyridine rings is 1. The summed E-state index contributed by atoms with van der Waals surface area (Å²) in [6.07, 6.45) is 0. The van der Waals surface area contributed by atoms with Gasteiger partial charge in [0.2, 0.25) is 11.4 Å². The molecule has 0 saturated heterocycles. The molecule has 0 N–H and O–H groups in total. The molecule has 34 heavy (non-hydrogen) atoms. The molecule has 0 aliphatic carbocycles. The van der Waals surface area contributed by atoms with Crippen molar-refractivity contribution < 1.29 is 4.57 Å². The number of nitrogens with zero attached hydrogens (tertiary/aromatic N) is 1. The maximum atomic E-state index is 2.45. The van der Waals surface area contributed by atoms with Crippen LogP contribution in [0.25, 0.3) is 44.9 Å². The van der Waals surface area contributed by atoms with Crippen molar-refractivity contribution in [3.63, 3.8) is 0 Å². The summed E-state index contributed by atoms with van der Waals surface area (Å²) in [6.45, 7) is 4.47. The summed E-state index contributed by atoms with van der Waals surface area (Å²) >= 11 is 0. The van der Waals surface area contributed by atoms with E-state index in [0.29, 0.717) is 0 Å². The van der Waals surface area contributed by atoms with Crippen LogP contribution in [0.1, 0.15) is 23.6 Å². The third-order valence-electron chi connectivity index (χ3n) is 6.86. The number of aryl methyl sites for hydroxylation is 1. The van der Waals surface area contributed by atoms with Gasteiger partial charge in [0.25, 0.3) is 0 Å². The number of fused-ring (bicyclic) bond motifs is 5. The second-order valence-corrected chi connectivity index (χ2v) is 8.86. The van der Waals surface area contributed by atoms with Crippen LogP contribution >= 0.6 is 0 Å². The molecule has 0 saturated carbocycles. The molecule has 0 spiro atoms. The van der Waals surface area contributed by atoms with Crippen molar-refractivity contribution in [1.29, 1.82) is 0 Å². The first-order chi connectivity index (χ1) is 16.7. The van der Waals surface area contributed by atoms with Gasteiger partial charge in [0.1, 0.15) is 0 Å². The Hall–Kier alpha value is -4.23. The molecule has 1 aromatic heterocycles. The summed E-state index contributed by atoms with van der Waals surface area (Å²) in [6, 6.07) is 43.7. The molecule has 0 atom stereocenters. The highest BCUT2D eigenvalue weighted by molar-refractivity contribution is 6.00. The van der Waals surface area contributed by atoms with Gasteiger partial charge >= 0.3 is 0 Å². The maximum Gasteiger partial charge on any atom is 0.219 e. The van der Waals surface area contributed by atoms with E-state index in [-0.39, 0.29) is 0 Å². The summed E-state index contributed by atoms with van der Waals surface area (Å²) in [5, 5.41) is 0. The molecule has 0 amide bonds. The normalized spacial score (nSPS) is 14.4. The van der Waals surface area contributed by atoms with E-state index in [2.05, 4.69) is 140 Å². The van der Waals surface area contributed by atoms with Gasteiger partial charge in [-0.25, -0.2) is 0 Å². The van der Waals surface area contributed by atoms with Gasteiger partial charge in [-0.15, -0.1) is 0 Å². The summed E-state index contributed by atoms with van der Waals surface area (Å²) in [5.41, 5.74) is 13.7. The SMILES string of the molecule is C/C1=C(\c2ccccc2C)c2ccccc2-c2ccccc2-c2cccc(-c3ccccc3)[n+]21. The van der Waals surface area contributed by atoms with Crippen LogP contribution in [0.2, 0.25) is 0 Å². The number of aromatic nitrogens is 1. The summed E-state index contributed by atoms with van der Waals surface area (Å²) in [5.74, 6) is 0. The fraction of sp³-hybridized carbons (Fsp3) is 0.0606. The smallest absolute Gasteiger partial charge is 0.156 e. The van der Waals surface area contributed by atoms with E-state index in [1.54, 1.807) is 0 Å². The summed E-state index contributed by atoms with van der Waals surface area (Å²) < 4.78 is 2.45. The summed E-state index contributed by atoms with van der Waals surface area (Å²) in [7, 11) is 0. The average Bonchev–Trinajstić information content (AvgIpc) is 2.89. The molecule has 2 heterocycles. The van der Waals surface area contributed by atoms with E-state index in [4.69, 9.17) is 0 Å². The lowest BCUT2D eigenvalue weighted by molar-refractivity contribution is -0.557. The van der Waals surface area contributed by atoms with Gasteiger partial charge in [-0.05, 0) is 59.0 Å². The average molecular weight is 437 g/mol. The molecular weight excluding hydrogens is 410 g/mol. The minimum absolute atomic E-state index is 1.19. The second-order valence-electron chi connectivity index (χ2n) is 8.86. The Balaban J connectivity index is 1.82. The highest BCUT2D eigenvalue weighted by atomic mass is 15.0. The zero-order valence-corrected chi connectivity index (χ0v) is 19.5. The van der Waals surface area contributed by atoms with Crippen molar-refractivity contribution in [2.24, 2.45) is 0 Å². The molecule has 0 radical (unpaired) electrons. The third kappa shape index (κ3) is 3.21. The van der Waals surface area contributed by atoms with Crippen molar-refractivity contribution in [3.8, 4) is 33.6 Å². The van der Waals surface area contributed by atoms with Crippen molar-refractivity contribution in [3.05, 3.63) is 138 Å². The van der Waals surface area contributed by atoms with Gasteiger partial charge < -0.3 is 0 Å². The molecule has 0 unspecified atom stereocenters. The predicted octanol–water partition coefficient (Wildman–Crippen LogP) is 8.03. The first-order valence-electron chi connectivity index (χ1n) is 11.8. The standard InChI is InChI=1S/C33H26N/c1-23-13-6-7-16-26(23)33-24(2)34-31(25-14-4-3-5-15-25)21-12-22-32(34)29-19-10-8-17-27(29)28-18-9-11-20-30(28)33/h3-22H,1-2H3/q+1/b28-27?,32-29?,33-24-,33-30?,34-24?. The van der Waals surface area contributed by atoms with Crippen molar-refractivity contribution in [2.75, 3.05) is 0 Å². The van der Waals surface area contributed by atoms with E-state index < -0.39 is 0 Å². The van der Waals surface area contributed by atoms with E-state index in [1.165, 1.54) is 61.6 Å². The minimum Gasteiger partial charge on any atom is -0.156 e. The molecule has 4 aromatic carbocycles. The molecule has 162 valence electrons.